The van der Waals surface area contributed by atoms with Gasteiger partial charge in [-0.25, -0.2) is 5.43 Å². The molecule has 0 aliphatic rings. The number of hydrazone groups is 1. The van der Waals surface area contributed by atoms with Crippen LogP contribution in [0, 0.1) is 12.8 Å². The van der Waals surface area contributed by atoms with Crippen molar-refractivity contribution in [3.63, 3.8) is 0 Å². The van der Waals surface area contributed by atoms with E-state index in [1.807, 2.05) is 56.5 Å². The molecule has 1 atom stereocenters. The lowest BCUT2D eigenvalue weighted by atomic mass is 10.0. The second-order valence-corrected chi connectivity index (χ2v) is 7.53. The summed E-state index contributed by atoms with van der Waals surface area (Å²) in [6, 6.07) is 10.6. The SMILES string of the molecule is Cc1ccccc1OCC(=O)N[C@H](CC(C)C)C(=O)N/N=C\c1cccs1. The van der Waals surface area contributed by atoms with Crippen molar-refractivity contribution < 1.29 is 14.3 Å². The van der Waals surface area contributed by atoms with Crippen LogP contribution in [-0.2, 0) is 9.59 Å². The summed E-state index contributed by atoms with van der Waals surface area (Å²) >= 11 is 1.52. The monoisotopic (exact) mass is 387 g/mol. The molecule has 0 radical (unpaired) electrons. The number of para-hydroxylation sites is 1. The van der Waals surface area contributed by atoms with Gasteiger partial charge < -0.3 is 10.1 Å². The van der Waals surface area contributed by atoms with Crippen molar-refractivity contribution in [3.8, 4) is 5.75 Å². The molecule has 0 saturated heterocycles. The van der Waals surface area contributed by atoms with E-state index in [2.05, 4.69) is 15.8 Å². The number of aryl methyl sites for hydroxylation is 1. The van der Waals surface area contributed by atoms with Gasteiger partial charge in [0.1, 0.15) is 11.8 Å². The van der Waals surface area contributed by atoms with Gasteiger partial charge in [-0.3, -0.25) is 9.59 Å². The van der Waals surface area contributed by atoms with Crippen LogP contribution >= 0.6 is 11.3 Å². The molecule has 7 heteroatoms. The fraction of sp³-hybridized carbons (Fsp3) is 0.350. The molecule has 1 aromatic heterocycles. The fourth-order valence-corrected chi connectivity index (χ4v) is 2.99. The summed E-state index contributed by atoms with van der Waals surface area (Å²) in [7, 11) is 0. The molecule has 0 bridgehead atoms. The van der Waals surface area contributed by atoms with Crippen LogP contribution in [0.4, 0.5) is 0 Å². The standard InChI is InChI=1S/C20H25N3O3S/c1-14(2)11-17(20(25)23-21-12-16-8-6-10-27-16)22-19(24)13-26-18-9-5-4-7-15(18)3/h4-10,12,14,17H,11,13H2,1-3H3,(H,22,24)(H,23,25)/b21-12-/t17-/m1/s1. The Morgan fingerprint density at radius 2 is 2.00 bits per heavy atom. The van der Waals surface area contributed by atoms with Gasteiger partial charge in [-0.15, -0.1) is 11.3 Å². The number of benzene rings is 1. The van der Waals surface area contributed by atoms with E-state index in [4.69, 9.17) is 4.74 Å². The van der Waals surface area contributed by atoms with Crippen LogP contribution in [0.15, 0.2) is 46.9 Å². The van der Waals surface area contributed by atoms with E-state index in [0.29, 0.717) is 12.2 Å². The number of rotatable bonds is 9. The number of nitrogens with one attached hydrogen (secondary N) is 2. The van der Waals surface area contributed by atoms with E-state index in [0.717, 1.165) is 10.4 Å². The number of amides is 2. The quantitative estimate of drug-likeness (QED) is 0.512. The third-order valence-corrected chi connectivity index (χ3v) is 4.53. The average molecular weight is 388 g/mol. The predicted molar refractivity (Wildman–Crippen MR) is 108 cm³/mol. The van der Waals surface area contributed by atoms with Gasteiger partial charge in [0.05, 0.1) is 6.21 Å². The van der Waals surface area contributed by atoms with Crippen LogP contribution in [0.5, 0.6) is 5.75 Å². The number of thiophene rings is 1. The summed E-state index contributed by atoms with van der Waals surface area (Å²) in [5, 5.41) is 8.62. The van der Waals surface area contributed by atoms with Gasteiger partial charge >= 0.3 is 0 Å². The first-order valence-corrected chi connectivity index (χ1v) is 9.68. The highest BCUT2D eigenvalue weighted by molar-refractivity contribution is 7.11. The van der Waals surface area contributed by atoms with Crippen molar-refractivity contribution in [2.45, 2.75) is 33.2 Å². The summed E-state index contributed by atoms with van der Waals surface area (Å²) in [6.45, 7) is 5.75. The third kappa shape index (κ3) is 7.22. The molecular weight excluding hydrogens is 362 g/mol. The zero-order chi connectivity index (χ0) is 19.6. The van der Waals surface area contributed by atoms with Gasteiger partial charge in [-0.2, -0.15) is 5.10 Å². The second kappa shape index (κ2) is 10.5. The Morgan fingerprint density at radius 3 is 2.67 bits per heavy atom. The van der Waals surface area contributed by atoms with Crippen molar-refractivity contribution >= 4 is 29.4 Å². The van der Waals surface area contributed by atoms with Gasteiger partial charge in [0.2, 0.25) is 0 Å². The Morgan fingerprint density at radius 1 is 1.22 bits per heavy atom. The molecule has 2 aromatic rings. The maximum Gasteiger partial charge on any atom is 0.262 e. The highest BCUT2D eigenvalue weighted by Gasteiger charge is 2.22. The molecule has 2 rings (SSSR count). The van der Waals surface area contributed by atoms with Gasteiger partial charge in [0, 0.05) is 4.88 Å². The molecule has 0 spiro atoms. The van der Waals surface area contributed by atoms with Gasteiger partial charge in [0.15, 0.2) is 6.61 Å². The molecule has 2 N–H and O–H groups in total. The van der Waals surface area contributed by atoms with Crippen molar-refractivity contribution in [1.82, 2.24) is 10.7 Å². The Balaban J connectivity index is 1.89. The first kappa shape index (κ1) is 20.6. The predicted octanol–water partition coefficient (Wildman–Crippen LogP) is 3.12. The molecule has 0 aliphatic carbocycles. The highest BCUT2D eigenvalue weighted by Crippen LogP contribution is 2.15. The smallest absolute Gasteiger partial charge is 0.262 e. The minimum absolute atomic E-state index is 0.148. The molecular formula is C20H25N3O3S. The van der Waals surface area contributed by atoms with Crippen LogP contribution in [0.2, 0.25) is 0 Å². The molecule has 6 nitrogen and oxygen atoms in total. The normalized spacial score (nSPS) is 12.1. The van der Waals surface area contributed by atoms with Crippen molar-refractivity contribution in [2.75, 3.05) is 6.61 Å². The zero-order valence-corrected chi connectivity index (χ0v) is 16.6. The van der Waals surface area contributed by atoms with E-state index < -0.39 is 6.04 Å². The lowest BCUT2D eigenvalue weighted by molar-refractivity contribution is -0.130. The highest BCUT2D eigenvalue weighted by atomic mass is 32.1. The van der Waals surface area contributed by atoms with Crippen molar-refractivity contribution in [3.05, 3.63) is 52.2 Å². The van der Waals surface area contributed by atoms with Gasteiger partial charge in [-0.05, 0) is 42.3 Å². The number of hydrogen-bond acceptors (Lipinski definition) is 5. The molecule has 2 amide bonds. The van der Waals surface area contributed by atoms with Gasteiger partial charge in [0.25, 0.3) is 11.8 Å². The van der Waals surface area contributed by atoms with Gasteiger partial charge in [-0.1, -0.05) is 38.1 Å². The number of carbonyl (C=O) groups is 2. The summed E-state index contributed by atoms with van der Waals surface area (Å²) in [6.07, 6.45) is 2.09. The number of nitrogens with zero attached hydrogens (tertiary/aromatic N) is 1. The first-order valence-electron chi connectivity index (χ1n) is 8.80. The first-order chi connectivity index (χ1) is 13.0. The fourth-order valence-electron chi connectivity index (χ4n) is 2.40. The minimum atomic E-state index is -0.668. The summed E-state index contributed by atoms with van der Waals surface area (Å²) in [5.41, 5.74) is 3.45. The summed E-state index contributed by atoms with van der Waals surface area (Å²) in [4.78, 5) is 25.6. The minimum Gasteiger partial charge on any atom is -0.484 e. The Hall–Kier alpha value is -2.67. The molecule has 0 saturated carbocycles. The molecule has 27 heavy (non-hydrogen) atoms. The maximum atomic E-state index is 12.4. The maximum absolute atomic E-state index is 12.4. The zero-order valence-electron chi connectivity index (χ0n) is 15.8. The lowest BCUT2D eigenvalue weighted by Crippen LogP contribution is -2.47. The second-order valence-electron chi connectivity index (χ2n) is 6.55. The molecule has 0 fully saturated rings. The van der Waals surface area contributed by atoms with Crippen LogP contribution in [0.25, 0.3) is 0 Å². The van der Waals surface area contributed by atoms with Crippen LogP contribution in [0.1, 0.15) is 30.7 Å². The Kier molecular flexibility index (Phi) is 8.00. The Bertz CT molecular complexity index is 773. The third-order valence-electron chi connectivity index (χ3n) is 3.72. The number of carbonyl (C=O) groups excluding carboxylic acids is 2. The molecule has 1 heterocycles. The lowest BCUT2D eigenvalue weighted by Gasteiger charge is -2.19. The van der Waals surface area contributed by atoms with E-state index in [1.165, 1.54) is 11.3 Å². The van der Waals surface area contributed by atoms with E-state index in [9.17, 15) is 9.59 Å². The van der Waals surface area contributed by atoms with E-state index in [1.54, 1.807) is 12.3 Å². The molecule has 0 aliphatic heterocycles. The van der Waals surface area contributed by atoms with Crippen LogP contribution in [0.3, 0.4) is 0 Å². The number of hydrogen-bond donors (Lipinski definition) is 2. The van der Waals surface area contributed by atoms with E-state index in [-0.39, 0.29) is 24.3 Å². The van der Waals surface area contributed by atoms with Crippen LogP contribution in [-0.4, -0.2) is 30.7 Å². The van der Waals surface area contributed by atoms with Crippen molar-refractivity contribution in [1.29, 1.82) is 0 Å². The topological polar surface area (TPSA) is 79.8 Å². The summed E-state index contributed by atoms with van der Waals surface area (Å²) in [5.74, 6) is 0.194. The molecule has 144 valence electrons. The number of ether oxygens (including phenoxy) is 1. The Labute approximate surface area is 163 Å². The van der Waals surface area contributed by atoms with E-state index >= 15 is 0 Å². The van der Waals surface area contributed by atoms with Crippen molar-refractivity contribution in [2.24, 2.45) is 11.0 Å². The average Bonchev–Trinajstić information content (AvgIpc) is 3.13. The molecule has 0 unspecified atom stereocenters. The molecule has 1 aromatic carbocycles. The summed E-state index contributed by atoms with van der Waals surface area (Å²) < 4.78 is 5.54. The van der Waals surface area contributed by atoms with Crippen LogP contribution < -0.4 is 15.5 Å². The largest absolute Gasteiger partial charge is 0.484 e.